The maximum absolute atomic E-state index is 11.1. The van der Waals surface area contributed by atoms with E-state index in [1.807, 2.05) is 30.3 Å². The lowest BCUT2D eigenvalue weighted by Gasteiger charge is -2.40. The van der Waals surface area contributed by atoms with Crippen molar-refractivity contribution in [1.29, 1.82) is 0 Å². The molecule has 2 aromatic carbocycles. The van der Waals surface area contributed by atoms with Crippen molar-refractivity contribution < 1.29 is 30.3 Å². The third-order valence-electron chi connectivity index (χ3n) is 7.11. The summed E-state index contributed by atoms with van der Waals surface area (Å²) in [6.45, 7) is -0.472. The van der Waals surface area contributed by atoms with E-state index in [9.17, 15) is 25.5 Å². The van der Waals surface area contributed by atoms with Crippen LogP contribution in [-0.2, 0) is 16.8 Å². The molecule has 6 nitrogen and oxygen atoms in total. The van der Waals surface area contributed by atoms with Gasteiger partial charge in [0.1, 0.15) is 30.5 Å². The molecule has 2 fully saturated rings. The highest BCUT2D eigenvalue weighted by molar-refractivity contribution is 6.31. The molecule has 5 N–H and O–H groups in total. The SMILES string of the molecule is OC[C@H]1O[C@@H](c2ccc(Cl)c(Cc3ccc(C4(O)CCCCCC4)cc3)c2)[C@H](O)[C@@H](O)[C@@H]1O. The second kappa shape index (κ2) is 10.4. The molecular formula is C26H33ClO6. The minimum atomic E-state index is -1.43. The quantitative estimate of drug-likeness (QED) is 0.424. The van der Waals surface area contributed by atoms with Crippen molar-refractivity contribution in [1.82, 2.24) is 0 Å². The Balaban J connectivity index is 1.53. The molecule has 1 aliphatic carbocycles. The van der Waals surface area contributed by atoms with Crippen LogP contribution < -0.4 is 0 Å². The normalized spacial score (nSPS) is 30.1. The third kappa shape index (κ3) is 5.28. The first-order chi connectivity index (χ1) is 15.8. The number of benzene rings is 2. The number of ether oxygens (including phenoxy) is 1. The lowest BCUT2D eigenvalue weighted by atomic mass is 9.86. The highest BCUT2D eigenvalue weighted by Gasteiger charge is 2.44. The topological polar surface area (TPSA) is 110 Å². The second-order valence-corrected chi connectivity index (χ2v) is 9.83. The van der Waals surface area contributed by atoms with E-state index in [4.69, 9.17) is 16.3 Å². The summed E-state index contributed by atoms with van der Waals surface area (Å²) in [5, 5.41) is 51.7. The van der Waals surface area contributed by atoms with Gasteiger partial charge >= 0.3 is 0 Å². The van der Waals surface area contributed by atoms with Crippen molar-refractivity contribution >= 4 is 11.6 Å². The molecule has 1 saturated carbocycles. The lowest BCUT2D eigenvalue weighted by Crippen LogP contribution is -2.55. The fraction of sp³-hybridized carbons (Fsp3) is 0.538. The monoisotopic (exact) mass is 476 g/mol. The summed E-state index contributed by atoms with van der Waals surface area (Å²) in [5.41, 5.74) is 2.66. The van der Waals surface area contributed by atoms with Gasteiger partial charge in [-0.15, -0.1) is 0 Å². The summed E-state index contributed by atoms with van der Waals surface area (Å²) >= 11 is 6.45. The Morgan fingerprint density at radius 3 is 2.18 bits per heavy atom. The fourth-order valence-corrected chi connectivity index (χ4v) is 5.22. The zero-order valence-electron chi connectivity index (χ0n) is 18.6. The lowest BCUT2D eigenvalue weighted by molar-refractivity contribution is -0.231. The smallest absolute Gasteiger partial charge is 0.113 e. The van der Waals surface area contributed by atoms with E-state index in [-0.39, 0.29) is 0 Å². The number of aliphatic hydroxyl groups is 5. The van der Waals surface area contributed by atoms with Crippen LogP contribution in [0.3, 0.4) is 0 Å². The standard InChI is InChI=1S/C26H33ClO6/c27-20-10-7-17(25-24(31)23(30)22(29)21(15-28)33-25)14-18(20)13-16-5-8-19(9-6-16)26(32)11-3-1-2-4-12-26/h5-10,14,21-25,28-32H,1-4,11-13,15H2/t21-,22-,23+,24-,25+/m1/s1. The molecule has 2 aromatic rings. The maximum Gasteiger partial charge on any atom is 0.113 e. The van der Waals surface area contributed by atoms with Crippen LogP contribution in [0, 0.1) is 0 Å². The Kier molecular flexibility index (Phi) is 7.76. The van der Waals surface area contributed by atoms with E-state index in [1.54, 1.807) is 12.1 Å². The van der Waals surface area contributed by atoms with Gasteiger partial charge in [0.15, 0.2) is 0 Å². The van der Waals surface area contributed by atoms with E-state index in [0.29, 0.717) is 17.0 Å². The van der Waals surface area contributed by atoms with Crippen molar-refractivity contribution in [3.05, 3.63) is 69.7 Å². The summed E-state index contributed by atoms with van der Waals surface area (Å²) in [5.74, 6) is 0. The van der Waals surface area contributed by atoms with Crippen molar-refractivity contribution in [2.75, 3.05) is 6.61 Å². The minimum Gasteiger partial charge on any atom is -0.394 e. The zero-order chi connectivity index (χ0) is 23.6. The third-order valence-corrected chi connectivity index (χ3v) is 7.48. The Hall–Kier alpha value is -1.51. The van der Waals surface area contributed by atoms with Crippen LogP contribution in [0.1, 0.15) is 66.9 Å². The summed E-state index contributed by atoms with van der Waals surface area (Å²) < 4.78 is 5.68. The molecule has 33 heavy (non-hydrogen) atoms. The Labute approximate surface area is 199 Å². The molecule has 1 aliphatic heterocycles. The van der Waals surface area contributed by atoms with Crippen molar-refractivity contribution in [3.63, 3.8) is 0 Å². The molecule has 1 saturated heterocycles. The molecule has 0 spiro atoms. The molecule has 0 amide bonds. The average Bonchev–Trinajstić information content (AvgIpc) is 3.05. The summed E-state index contributed by atoms with van der Waals surface area (Å²) in [4.78, 5) is 0. The van der Waals surface area contributed by atoms with E-state index in [1.165, 1.54) is 12.8 Å². The molecule has 1 heterocycles. The number of hydrogen-bond donors (Lipinski definition) is 5. The van der Waals surface area contributed by atoms with E-state index >= 15 is 0 Å². The second-order valence-electron chi connectivity index (χ2n) is 9.42. The van der Waals surface area contributed by atoms with E-state index < -0.39 is 42.7 Å². The predicted molar refractivity (Wildman–Crippen MR) is 125 cm³/mol. The molecule has 5 atom stereocenters. The zero-order valence-corrected chi connectivity index (χ0v) is 19.4. The van der Waals surface area contributed by atoms with Crippen LogP contribution in [0.5, 0.6) is 0 Å². The Morgan fingerprint density at radius 1 is 0.879 bits per heavy atom. The van der Waals surface area contributed by atoms with E-state index in [0.717, 1.165) is 42.4 Å². The summed E-state index contributed by atoms with van der Waals surface area (Å²) in [7, 11) is 0. The van der Waals surface area contributed by atoms with Crippen molar-refractivity contribution in [3.8, 4) is 0 Å². The van der Waals surface area contributed by atoms with E-state index in [2.05, 4.69) is 0 Å². The van der Waals surface area contributed by atoms with Crippen LogP contribution >= 0.6 is 11.6 Å². The highest BCUT2D eigenvalue weighted by Crippen LogP contribution is 2.37. The van der Waals surface area contributed by atoms with Gasteiger partial charge in [-0.2, -0.15) is 0 Å². The number of rotatable bonds is 5. The van der Waals surface area contributed by atoms with Crippen molar-refractivity contribution in [2.45, 2.75) is 81.1 Å². The Bertz CT molecular complexity index is 923. The summed E-state index contributed by atoms with van der Waals surface area (Å²) in [6, 6.07) is 13.3. The van der Waals surface area contributed by atoms with Gasteiger partial charge < -0.3 is 30.3 Å². The average molecular weight is 477 g/mol. The van der Waals surface area contributed by atoms with Gasteiger partial charge in [0.2, 0.25) is 0 Å². The molecule has 0 bridgehead atoms. The molecule has 2 aliphatic rings. The minimum absolute atomic E-state index is 0.472. The molecule has 0 aromatic heterocycles. The molecular weight excluding hydrogens is 444 g/mol. The molecule has 7 heteroatoms. The van der Waals surface area contributed by atoms with Gasteiger partial charge in [-0.3, -0.25) is 0 Å². The van der Waals surface area contributed by atoms with Crippen LogP contribution in [0.4, 0.5) is 0 Å². The highest BCUT2D eigenvalue weighted by atomic mass is 35.5. The first kappa shape index (κ1) is 24.6. The van der Waals surface area contributed by atoms with Crippen LogP contribution in [0.2, 0.25) is 5.02 Å². The van der Waals surface area contributed by atoms with Crippen LogP contribution in [0.25, 0.3) is 0 Å². The molecule has 0 unspecified atom stereocenters. The van der Waals surface area contributed by atoms with Gasteiger partial charge in [-0.25, -0.2) is 0 Å². The largest absolute Gasteiger partial charge is 0.394 e. The fourth-order valence-electron chi connectivity index (χ4n) is 5.04. The molecule has 4 rings (SSSR count). The van der Waals surface area contributed by atoms with Crippen LogP contribution in [0.15, 0.2) is 42.5 Å². The Morgan fingerprint density at radius 2 is 1.55 bits per heavy atom. The van der Waals surface area contributed by atoms with Gasteiger partial charge in [0.05, 0.1) is 12.2 Å². The number of aliphatic hydroxyl groups excluding tert-OH is 4. The van der Waals surface area contributed by atoms with Gasteiger partial charge in [0.25, 0.3) is 0 Å². The van der Waals surface area contributed by atoms with Crippen molar-refractivity contribution in [2.24, 2.45) is 0 Å². The predicted octanol–water partition coefficient (Wildman–Crippen LogP) is 2.99. The molecule has 0 radical (unpaired) electrons. The van der Waals surface area contributed by atoms with Gasteiger partial charge in [0, 0.05) is 5.02 Å². The first-order valence-electron chi connectivity index (χ1n) is 11.7. The maximum atomic E-state index is 11.1. The first-order valence-corrected chi connectivity index (χ1v) is 12.1. The number of hydrogen-bond acceptors (Lipinski definition) is 6. The van der Waals surface area contributed by atoms with Gasteiger partial charge in [-0.1, -0.05) is 73.7 Å². The molecule has 180 valence electrons. The number of halogens is 1. The summed E-state index contributed by atoms with van der Waals surface area (Å²) in [6.07, 6.45) is 0.526. The van der Waals surface area contributed by atoms with Gasteiger partial charge in [-0.05, 0) is 47.6 Å². The van der Waals surface area contributed by atoms with Crippen LogP contribution in [-0.4, -0.2) is 56.6 Å².